The van der Waals surface area contributed by atoms with Gasteiger partial charge in [-0.05, 0) is 44.9 Å². The summed E-state index contributed by atoms with van der Waals surface area (Å²) in [6, 6.07) is 8.32. The quantitative estimate of drug-likeness (QED) is 0.468. The van der Waals surface area contributed by atoms with E-state index in [1.807, 2.05) is 19.9 Å². The van der Waals surface area contributed by atoms with E-state index in [-0.39, 0.29) is 11.9 Å². The van der Waals surface area contributed by atoms with Crippen molar-refractivity contribution in [2.75, 3.05) is 13.2 Å². The Morgan fingerprint density at radius 1 is 1.32 bits per heavy atom. The number of benzene rings is 1. The number of hydrogen-bond donors (Lipinski definition) is 2. The van der Waals surface area contributed by atoms with Crippen LogP contribution in [0.25, 0.3) is 5.69 Å². The minimum Gasteiger partial charge on any atom is -0.376 e. The summed E-state index contributed by atoms with van der Waals surface area (Å²) in [5.74, 6) is -1.94. The fraction of sp³-hybridized carbons (Fsp3) is 0.350. The number of carbonyl (C=O) groups excluding carboxylic acids is 2. The van der Waals surface area contributed by atoms with Gasteiger partial charge < -0.3 is 14.6 Å². The van der Waals surface area contributed by atoms with Crippen LogP contribution in [0.5, 0.6) is 0 Å². The molecular weight excluding hydrogens is 363 g/mol. The summed E-state index contributed by atoms with van der Waals surface area (Å²) >= 11 is 0. The monoisotopic (exact) mass is 386 g/mol. The van der Waals surface area contributed by atoms with E-state index in [0.717, 1.165) is 24.2 Å². The molecule has 1 aliphatic heterocycles. The summed E-state index contributed by atoms with van der Waals surface area (Å²) in [4.78, 5) is 23.6. The van der Waals surface area contributed by atoms with Crippen LogP contribution in [0, 0.1) is 19.7 Å². The number of hydrazone groups is 1. The number of ether oxygens (including phenoxy) is 1. The Kier molecular flexibility index (Phi) is 6.20. The maximum atomic E-state index is 14.1. The van der Waals surface area contributed by atoms with E-state index in [9.17, 15) is 14.0 Å². The Balaban J connectivity index is 1.61. The van der Waals surface area contributed by atoms with E-state index >= 15 is 0 Å². The number of aryl methyl sites for hydroxylation is 1. The molecule has 2 heterocycles. The second kappa shape index (κ2) is 8.79. The van der Waals surface area contributed by atoms with E-state index in [2.05, 4.69) is 15.8 Å². The second-order valence-electron chi connectivity index (χ2n) is 6.66. The summed E-state index contributed by atoms with van der Waals surface area (Å²) in [5, 5.41) is 6.38. The molecule has 2 aromatic rings. The van der Waals surface area contributed by atoms with Crippen molar-refractivity contribution >= 4 is 18.0 Å². The third kappa shape index (κ3) is 4.45. The largest absolute Gasteiger partial charge is 0.376 e. The first kappa shape index (κ1) is 19.8. The molecule has 2 amide bonds. The molecule has 148 valence electrons. The average Bonchev–Trinajstić information content (AvgIpc) is 3.29. The number of aromatic nitrogens is 1. The predicted molar refractivity (Wildman–Crippen MR) is 103 cm³/mol. The van der Waals surface area contributed by atoms with Crippen LogP contribution in [0.2, 0.25) is 0 Å². The highest BCUT2D eigenvalue weighted by Gasteiger charge is 2.19. The third-order valence-electron chi connectivity index (χ3n) is 4.65. The van der Waals surface area contributed by atoms with E-state index in [1.165, 1.54) is 12.3 Å². The van der Waals surface area contributed by atoms with Crippen molar-refractivity contribution in [3.8, 4) is 5.69 Å². The Labute approximate surface area is 162 Å². The van der Waals surface area contributed by atoms with Gasteiger partial charge in [0.15, 0.2) is 0 Å². The van der Waals surface area contributed by atoms with Gasteiger partial charge in [0.05, 0.1) is 18.0 Å². The molecule has 0 bridgehead atoms. The lowest BCUT2D eigenvalue weighted by molar-refractivity contribution is -0.139. The van der Waals surface area contributed by atoms with Crippen LogP contribution in [0.15, 0.2) is 35.4 Å². The highest BCUT2D eigenvalue weighted by Crippen LogP contribution is 2.21. The standard InChI is InChI=1S/C20H23FN4O3/c1-13-10-15(14(2)25(13)18-8-4-3-7-17(18)21)11-23-24-20(27)19(26)22-12-16-6-5-9-28-16/h3-4,7-8,10-11,16H,5-6,9,12H2,1-2H3,(H,22,26)(H,24,27)/b23-11+. The van der Waals surface area contributed by atoms with Crippen molar-refractivity contribution in [3.63, 3.8) is 0 Å². The van der Waals surface area contributed by atoms with Crippen molar-refractivity contribution in [2.24, 2.45) is 5.10 Å². The molecule has 1 saturated heterocycles. The number of rotatable bonds is 5. The van der Waals surface area contributed by atoms with Gasteiger partial charge in [-0.2, -0.15) is 5.10 Å². The molecule has 0 radical (unpaired) electrons. The zero-order valence-corrected chi connectivity index (χ0v) is 15.9. The second-order valence-corrected chi connectivity index (χ2v) is 6.66. The lowest BCUT2D eigenvalue weighted by Gasteiger charge is -2.10. The molecular formula is C20H23FN4O3. The molecule has 3 rings (SSSR count). The normalized spacial score (nSPS) is 16.5. The minimum atomic E-state index is -0.850. The molecule has 7 nitrogen and oxygen atoms in total. The number of halogens is 1. The molecule has 28 heavy (non-hydrogen) atoms. The van der Waals surface area contributed by atoms with Crippen molar-refractivity contribution in [1.29, 1.82) is 0 Å². The van der Waals surface area contributed by atoms with Gasteiger partial charge in [-0.25, -0.2) is 9.82 Å². The first-order chi connectivity index (χ1) is 13.5. The van der Waals surface area contributed by atoms with E-state index in [1.54, 1.807) is 22.8 Å². The molecule has 1 atom stereocenters. The molecule has 1 aromatic heterocycles. The van der Waals surface area contributed by atoms with Gasteiger partial charge >= 0.3 is 11.8 Å². The first-order valence-corrected chi connectivity index (χ1v) is 9.14. The van der Waals surface area contributed by atoms with Crippen LogP contribution in [0.1, 0.15) is 29.8 Å². The minimum absolute atomic E-state index is 0.0379. The average molecular weight is 386 g/mol. The Morgan fingerprint density at radius 2 is 2.11 bits per heavy atom. The predicted octanol–water partition coefficient (Wildman–Crippen LogP) is 1.98. The van der Waals surface area contributed by atoms with Crippen molar-refractivity contribution in [2.45, 2.75) is 32.8 Å². The summed E-state index contributed by atoms with van der Waals surface area (Å²) in [5.41, 5.74) is 4.95. The topological polar surface area (TPSA) is 84.7 Å². The van der Waals surface area contributed by atoms with Gasteiger partial charge in [0, 0.05) is 30.1 Å². The maximum Gasteiger partial charge on any atom is 0.329 e. The highest BCUT2D eigenvalue weighted by atomic mass is 19.1. The number of nitrogens with zero attached hydrogens (tertiary/aromatic N) is 2. The van der Waals surface area contributed by atoms with E-state index in [0.29, 0.717) is 24.4 Å². The number of para-hydroxylation sites is 1. The third-order valence-corrected chi connectivity index (χ3v) is 4.65. The summed E-state index contributed by atoms with van der Waals surface area (Å²) in [6.45, 7) is 4.67. The van der Waals surface area contributed by atoms with Crippen LogP contribution in [0.3, 0.4) is 0 Å². The number of amides is 2. The Bertz CT molecular complexity index is 901. The SMILES string of the molecule is Cc1cc(/C=N/NC(=O)C(=O)NCC2CCCO2)c(C)n1-c1ccccc1F. The van der Waals surface area contributed by atoms with Gasteiger partial charge in [-0.15, -0.1) is 0 Å². The van der Waals surface area contributed by atoms with Crippen LogP contribution < -0.4 is 10.7 Å². The molecule has 0 aliphatic carbocycles. The number of hydrogen-bond acceptors (Lipinski definition) is 4. The number of carbonyl (C=O) groups is 2. The summed E-state index contributed by atoms with van der Waals surface area (Å²) < 4.78 is 21.3. The lowest BCUT2D eigenvalue weighted by atomic mass is 10.2. The molecule has 1 fully saturated rings. The van der Waals surface area contributed by atoms with Crippen LogP contribution in [0.4, 0.5) is 4.39 Å². The van der Waals surface area contributed by atoms with Gasteiger partial charge in [-0.1, -0.05) is 12.1 Å². The van der Waals surface area contributed by atoms with Crippen LogP contribution in [-0.2, 0) is 14.3 Å². The summed E-state index contributed by atoms with van der Waals surface area (Å²) in [6.07, 6.45) is 3.23. The van der Waals surface area contributed by atoms with Crippen LogP contribution in [-0.4, -0.2) is 41.9 Å². The highest BCUT2D eigenvalue weighted by molar-refractivity contribution is 6.35. The lowest BCUT2D eigenvalue weighted by Crippen LogP contribution is -2.41. The molecule has 8 heteroatoms. The molecule has 0 saturated carbocycles. The van der Waals surface area contributed by atoms with Gasteiger partial charge in [-0.3, -0.25) is 9.59 Å². The number of nitrogens with one attached hydrogen (secondary N) is 2. The fourth-order valence-corrected chi connectivity index (χ4v) is 3.23. The summed E-state index contributed by atoms with van der Waals surface area (Å²) in [7, 11) is 0. The molecule has 1 aromatic carbocycles. The van der Waals surface area contributed by atoms with Gasteiger partial charge in [0.25, 0.3) is 0 Å². The van der Waals surface area contributed by atoms with Crippen molar-refractivity contribution in [1.82, 2.24) is 15.3 Å². The molecule has 0 spiro atoms. The Hall–Kier alpha value is -3.00. The first-order valence-electron chi connectivity index (χ1n) is 9.14. The molecule has 1 unspecified atom stereocenters. The zero-order valence-electron chi connectivity index (χ0n) is 15.9. The van der Waals surface area contributed by atoms with Crippen molar-refractivity contribution < 1.29 is 18.7 Å². The molecule has 1 aliphatic rings. The maximum absolute atomic E-state index is 14.1. The van der Waals surface area contributed by atoms with Crippen LogP contribution >= 0.6 is 0 Å². The van der Waals surface area contributed by atoms with Crippen molar-refractivity contribution in [3.05, 3.63) is 53.1 Å². The van der Waals surface area contributed by atoms with Gasteiger partial charge in [0.2, 0.25) is 0 Å². The fourth-order valence-electron chi connectivity index (χ4n) is 3.23. The van der Waals surface area contributed by atoms with E-state index < -0.39 is 11.8 Å². The smallest absolute Gasteiger partial charge is 0.329 e. The van der Waals surface area contributed by atoms with Gasteiger partial charge in [0.1, 0.15) is 5.82 Å². The van der Waals surface area contributed by atoms with E-state index in [4.69, 9.17) is 4.74 Å². The Morgan fingerprint density at radius 3 is 2.82 bits per heavy atom. The zero-order chi connectivity index (χ0) is 20.1. The molecule has 2 N–H and O–H groups in total.